The Morgan fingerprint density at radius 1 is 1.29 bits per heavy atom. The molecule has 0 aliphatic carbocycles. The lowest BCUT2D eigenvalue weighted by atomic mass is 10.1. The van der Waals surface area contributed by atoms with Crippen LogP contribution in [0.4, 0.5) is 11.4 Å². The lowest BCUT2D eigenvalue weighted by molar-refractivity contribution is 0.414. The van der Waals surface area contributed by atoms with Gasteiger partial charge in [-0.1, -0.05) is 12.1 Å². The third kappa shape index (κ3) is 2.64. The first-order valence-electron chi connectivity index (χ1n) is 6.65. The maximum atomic E-state index is 6.25. The summed E-state index contributed by atoms with van der Waals surface area (Å²) in [4.78, 5) is 6.47. The summed E-state index contributed by atoms with van der Waals surface area (Å²) in [5.41, 5.74) is 11.9. The predicted molar refractivity (Wildman–Crippen MR) is 89.1 cm³/mol. The number of nitrogens with zero attached hydrogens (tertiary/aromatic N) is 2. The zero-order chi connectivity index (χ0) is 14.8. The quantitative estimate of drug-likeness (QED) is 0.749. The molecule has 3 rings (SSSR count). The molecule has 0 aliphatic heterocycles. The molecule has 2 aromatic carbocycles. The van der Waals surface area contributed by atoms with Gasteiger partial charge in [0.15, 0.2) is 0 Å². The van der Waals surface area contributed by atoms with Gasteiger partial charge in [0.05, 0.1) is 28.7 Å². The highest BCUT2D eigenvalue weighted by molar-refractivity contribution is 7.16. The predicted octanol–water partition coefficient (Wildman–Crippen LogP) is 3.52. The van der Waals surface area contributed by atoms with E-state index in [-0.39, 0.29) is 0 Å². The van der Waals surface area contributed by atoms with E-state index in [1.54, 1.807) is 18.4 Å². The molecule has 1 aromatic heterocycles. The average molecular weight is 299 g/mol. The monoisotopic (exact) mass is 299 g/mol. The van der Waals surface area contributed by atoms with Gasteiger partial charge in [0.25, 0.3) is 0 Å². The second-order valence-electron chi connectivity index (χ2n) is 4.91. The van der Waals surface area contributed by atoms with Crippen LogP contribution in [-0.2, 0) is 6.54 Å². The Morgan fingerprint density at radius 2 is 2.14 bits per heavy atom. The van der Waals surface area contributed by atoms with Crippen LogP contribution in [0, 0.1) is 0 Å². The SMILES string of the molecule is COc1cccc(CN(C)c2ccc3scnc3c2N)c1. The summed E-state index contributed by atoms with van der Waals surface area (Å²) in [5.74, 6) is 0.865. The van der Waals surface area contributed by atoms with E-state index in [9.17, 15) is 0 Å². The number of ether oxygens (including phenoxy) is 1. The lowest BCUT2D eigenvalue weighted by Gasteiger charge is -2.21. The number of methoxy groups -OCH3 is 1. The van der Waals surface area contributed by atoms with Crippen molar-refractivity contribution in [1.29, 1.82) is 0 Å². The number of hydrogen-bond donors (Lipinski definition) is 1. The van der Waals surface area contributed by atoms with Gasteiger partial charge in [0.2, 0.25) is 0 Å². The normalized spacial score (nSPS) is 10.8. The number of benzene rings is 2. The molecular formula is C16H17N3OS. The van der Waals surface area contributed by atoms with Crippen molar-refractivity contribution in [2.24, 2.45) is 0 Å². The molecule has 0 unspecified atom stereocenters. The Hall–Kier alpha value is -2.27. The van der Waals surface area contributed by atoms with Crippen molar-refractivity contribution in [1.82, 2.24) is 4.98 Å². The highest BCUT2D eigenvalue weighted by Crippen LogP contribution is 2.32. The molecule has 0 radical (unpaired) electrons. The molecule has 3 aromatic rings. The van der Waals surface area contributed by atoms with E-state index in [1.807, 2.05) is 30.8 Å². The minimum Gasteiger partial charge on any atom is -0.497 e. The van der Waals surface area contributed by atoms with E-state index in [1.165, 1.54) is 5.56 Å². The molecule has 4 nitrogen and oxygen atoms in total. The standard InChI is InChI=1S/C16H17N3OS/c1-19(9-11-4-3-5-12(8-11)20-2)13-6-7-14-16(15(13)17)18-10-21-14/h3-8,10H,9,17H2,1-2H3. The van der Waals surface area contributed by atoms with E-state index in [0.717, 1.165) is 33.9 Å². The van der Waals surface area contributed by atoms with Crippen molar-refractivity contribution in [3.8, 4) is 5.75 Å². The highest BCUT2D eigenvalue weighted by atomic mass is 32.1. The Morgan fingerprint density at radius 3 is 2.95 bits per heavy atom. The number of hydrogen-bond acceptors (Lipinski definition) is 5. The van der Waals surface area contributed by atoms with Crippen LogP contribution >= 0.6 is 11.3 Å². The van der Waals surface area contributed by atoms with Crippen molar-refractivity contribution < 1.29 is 4.74 Å². The van der Waals surface area contributed by atoms with Crippen LogP contribution in [0.25, 0.3) is 10.2 Å². The molecule has 0 atom stereocenters. The third-order valence-electron chi connectivity index (χ3n) is 3.48. The van der Waals surface area contributed by atoms with Gasteiger partial charge in [0, 0.05) is 13.6 Å². The number of nitrogen functional groups attached to an aromatic ring is 1. The molecule has 2 N–H and O–H groups in total. The molecule has 5 heteroatoms. The van der Waals surface area contributed by atoms with E-state index >= 15 is 0 Å². The maximum Gasteiger partial charge on any atom is 0.119 e. The van der Waals surface area contributed by atoms with Crippen molar-refractivity contribution in [3.05, 3.63) is 47.5 Å². The Labute approximate surface area is 127 Å². The number of nitrogens with two attached hydrogens (primary N) is 1. The fourth-order valence-electron chi connectivity index (χ4n) is 2.40. The molecule has 0 amide bonds. The van der Waals surface area contributed by atoms with Gasteiger partial charge >= 0.3 is 0 Å². The van der Waals surface area contributed by atoms with Gasteiger partial charge in [-0.15, -0.1) is 11.3 Å². The molecule has 0 spiro atoms. The summed E-state index contributed by atoms with van der Waals surface area (Å²) in [7, 11) is 3.71. The van der Waals surface area contributed by atoms with Crippen LogP contribution in [0.3, 0.4) is 0 Å². The van der Waals surface area contributed by atoms with Gasteiger partial charge in [0.1, 0.15) is 11.3 Å². The van der Waals surface area contributed by atoms with Crippen LogP contribution in [0.1, 0.15) is 5.56 Å². The molecule has 1 heterocycles. The van der Waals surface area contributed by atoms with Gasteiger partial charge in [-0.3, -0.25) is 0 Å². The van der Waals surface area contributed by atoms with E-state index < -0.39 is 0 Å². The summed E-state index contributed by atoms with van der Waals surface area (Å²) >= 11 is 1.60. The molecule has 0 fully saturated rings. The minimum atomic E-state index is 0.735. The van der Waals surface area contributed by atoms with Gasteiger partial charge in [-0.25, -0.2) is 4.98 Å². The third-order valence-corrected chi connectivity index (χ3v) is 4.28. The first-order valence-corrected chi connectivity index (χ1v) is 7.52. The van der Waals surface area contributed by atoms with Crippen molar-refractivity contribution in [2.45, 2.75) is 6.54 Å². The first kappa shape index (κ1) is 13.7. The van der Waals surface area contributed by atoms with Gasteiger partial charge < -0.3 is 15.4 Å². The van der Waals surface area contributed by atoms with E-state index in [4.69, 9.17) is 10.5 Å². The van der Waals surface area contributed by atoms with Gasteiger partial charge in [-0.05, 0) is 29.8 Å². The van der Waals surface area contributed by atoms with Crippen LogP contribution in [0.15, 0.2) is 41.9 Å². The summed E-state index contributed by atoms with van der Waals surface area (Å²) in [6.07, 6.45) is 0. The topological polar surface area (TPSA) is 51.4 Å². The Bertz CT molecular complexity index is 769. The van der Waals surface area contributed by atoms with Crippen LogP contribution in [0.2, 0.25) is 0 Å². The zero-order valence-corrected chi connectivity index (χ0v) is 12.9. The number of fused-ring (bicyclic) bond motifs is 1. The lowest BCUT2D eigenvalue weighted by Crippen LogP contribution is -2.17. The summed E-state index contributed by atoms with van der Waals surface area (Å²) in [6, 6.07) is 12.2. The average Bonchev–Trinajstić information content (AvgIpc) is 2.97. The highest BCUT2D eigenvalue weighted by Gasteiger charge is 2.11. The van der Waals surface area contributed by atoms with Crippen LogP contribution in [-0.4, -0.2) is 19.1 Å². The number of thiazole rings is 1. The molecule has 21 heavy (non-hydrogen) atoms. The fraction of sp³-hybridized carbons (Fsp3) is 0.188. The number of aromatic nitrogens is 1. The molecular weight excluding hydrogens is 282 g/mol. The van der Waals surface area contributed by atoms with Crippen molar-refractivity contribution >= 4 is 32.9 Å². The van der Waals surface area contributed by atoms with E-state index in [0.29, 0.717) is 0 Å². The largest absolute Gasteiger partial charge is 0.497 e. The summed E-state index contributed by atoms with van der Waals surface area (Å²) < 4.78 is 6.38. The molecule has 0 aliphatic rings. The van der Waals surface area contributed by atoms with Crippen molar-refractivity contribution in [3.63, 3.8) is 0 Å². The van der Waals surface area contributed by atoms with Gasteiger partial charge in [-0.2, -0.15) is 0 Å². The minimum absolute atomic E-state index is 0.735. The second-order valence-corrected chi connectivity index (χ2v) is 5.79. The molecule has 0 saturated heterocycles. The fourth-order valence-corrected chi connectivity index (χ4v) is 3.10. The Kier molecular flexibility index (Phi) is 3.66. The van der Waals surface area contributed by atoms with Crippen LogP contribution < -0.4 is 15.4 Å². The summed E-state index contributed by atoms with van der Waals surface area (Å²) in [5, 5.41) is 0. The molecule has 0 bridgehead atoms. The summed E-state index contributed by atoms with van der Waals surface area (Å²) in [6.45, 7) is 0.761. The van der Waals surface area contributed by atoms with E-state index in [2.05, 4.69) is 28.1 Å². The smallest absolute Gasteiger partial charge is 0.119 e. The number of anilines is 2. The molecule has 0 saturated carbocycles. The van der Waals surface area contributed by atoms with Crippen molar-refractivity contribution in [2.75, 3.05) is 24.8 Å². The maximum absolute atomic E-state index is 6.25. The molecule has 108 valence electrons. The number of rotatable bonds is 4. The first-order chi connectivity index (χ1) is 10.2. The Balaban J connectivity index is 1.89. The zero-order valence-electron chi connectivity index (χ0n) is 12.0. The van der Waals surface area contributed by atoms with Crippen LogP contribution in [0.5, 0.6) is 5.75 Å². The second kappa shape index (κ2) is 5.61.